The topological polar surface area (TPSA) is 98.5 Å². The minimum atomic E-state index is -3.97. The molecule has 1 aromatic carbocycles. The first kappa shape index (κ1) is 16.0. The summed E-state index contributed by atoms with van der Waals surface area (Å²) >= 11 is 3.09. The van der Waals surface area contributed by atoms with Crippen molar-refractivity contribution < 1.29 is 18.1 Å². The van der Waals surface area contributed by atoms with Crippen molar-refractivity contribution in [3.8, 4) is 0 Å². The molecule has 0 aliphatic carbocycles. The summed E-state index contributed by atoms with van der Waals surface area (Å²) in [7, 11) is -2.52. The van der Waals surface area contributed by atoms with Crippen LogP contribution in [0, 0.1) is 10.1 Å². The predicted octanol–water partition coefficient (Wildman–Crippen LogP) is 1.67. The molecule has 9 heteroatoms. The first-order valence-corrected chi connectivity index (χ1v) is 7.52. The monoisotopic (exact) mass is 352 g/mol. The van der Waals surface area contributed by atoms with E-state index in [4.69, 9.17) is 4.74 Å². The second-order valence-electron chi connectivity index (χ2n) is 3.77. The largest absolute Gasteiger partial charge is 0.380 e. The zero-order valence-electron chi connectivity index (χ0n) is 10.3. The Hall–Kier alpha value is -1.03. The van der Waals surface area contributed by atoms with E-state index in [0.29, 0.717) is 4.47 Å². The fourth-order valence-corrected chi connectivity index (χ4v) is 3.06. The van der Waals surface area contributed by atoms with Crippen LogP contribution in [0.25, 0.3) is 0 Å². The molecular weight excluding hydrogens is 340 g/mol. The molecule has 0 saturated carbocycles. The van der Waals surface area contributed by atoms with Crippen molar-refractivity contribution in [1.82, 2.24) is 4.72 Å². The number of nitro benzene ring substituents is 1. The Morgan fingerprint density at radius 2 is 2.16 bits per heavy atom. The van der Waals surface area contributed by atoms with Gasteiger partial charge in [0, 0.05) is 24.2 Å². The molecule has 0 aliphatic heterocycles. The summed E-state index contributed by atoms with van der Waals surface area (Å²) in [5.41, 5.74) is -0.472. The molecule has 1 rings (SSSR count). The van der Waals surface area contributed by atoms with Crippen molar-refractivity contribution in [3.05, 3.63) is 32.8 Å². The quantitative estimate of drug-likeness (QED) is 0.620. The number of ether oxygens (including phenoxy) is 1. The number of halogens is 1. The average molecular weight is 353 g/mol. The molecule has 1 unspecified atom stereocenters. The highest BCUT2D eigenvalue weighted by Crippen LogP contribution is 2.26. The smallest absolute Gasteiger partial charge is 0.289 e. The van der Waals surface area contributed by atoms with Crippen molar-refractivity contribution in [1.29, 1.82) is 0 Å². The van der Waals surface area contributed by atoms with Crippen molar-refractivity contribution in [2.45, 2.75) is 17.9 Å². The maximum absolute atomic E-state index is 12.0. The van der Waals surface area contributed by atoms with Crippen molar-refractivity contribution in [2.75, 3.05) is 13.7 Å². The third-order valence-electron chi connectivity index (χ3n) is 2.37. The fourth-order valence-electron chi connectivity index (χ4n) is 1.24. The zero-order valence-corrected chi connectivity index (χ0v) is 12.7. The van der Waals surface area contributed by atoms with Crippen LogP contribution < -0.4 is 4.72 Å². The first-order valence-electron chi connectivity index (χ1n) is 5.24. The lowest BCUT2D eigenvalue weighted by Gasteiger charge is -2.11. The molecule has 7 nitrogen and oxygen atoms in total. The van der Waals surface area contributed by atoms with Gasteiger partial charge in [-0.1, -0.05) is 15.9 Å². The number of benzene rings is 1. The average Bonchev–Trinajstić information content (AvgIpc) is 2.35. The summed E-state index contributed by atoms with van der Waals surface area (Å²) in [6, 6.07) is 3.74. The highest BCUT2D eigenvalue weighted by molar-refractivity contribution is 9.10. The molecule has 1 N–H and O–H groups in total. The third-order valence-corrected chi connectivity index (χ3v) is 4.32. The lowest BCUT2D eigenvalue weighted by molar-refractivity contribution is -0.387. The van der Waals surface area contributed by atoms with Crippen LogP contribution in [0.1, 0.15) is 6.92 Å². The van der Waals surface area contributed by atoms with Crippen LogP contribution >= 0.6 is 15.9 Å². The lowest BCUT2D eigenvalue weighted by Crippen LogP contribution is -2.32. The van der Waals surface area contributed by atoms with Gasteiger partial charge in [0.1, 0.15) is 0 Å². The summed E-state index contributed by atoms with van der Waals surface area (Å²) < 4.78 is 31.7. The van der Waals surface area contributed by atoms with E-state index in [2.05, 4.69) is 20.7 Å². The summed E-state index contributed by atoms with van der Waals surface area (Å²) in [5, 5.41) is 10.8. The summed E-state index contributed by atoms with van der Waals surface area (Å²) in [6.07, 6.45) is -0.332. The molecule has 1 atom stereocenters. The summed E-state index contributed by atoms with van der Waals surface area (Å²) in [4.78, 5) is 9.73. The van der Waals surface area contributed by atoms with Crippen LogP contribution in [0.15, 0.2) is 27.6 Å². The molecule has 0 saturated heterocycles. The third kappa shape index (κ3) is 4.23. The van der Waals surface area contributed by atoms with Crippen molar-refractivity contribution in [2.24, 2.45) is 0 Å². The Bertz CT molecular complexity index is 575. The highest BCUT2D eigenvalue weighted by Gasteiger charge is 2.26. The Kier molecular flexibility index (Phi) is 5.41. The van der Waals surface area contributed by atoms with Gasteiger partial charge in [0.25, 0.3) is 5.69 Å². The highest BCUT2D eigenvalue weighted by atomic mass is 79.9. The second kappa shape index (κ2) is 6.42. The number of hydrogen-bond acceptors (Lipinski definition) is 5. The number of nitrogens with zero attached hydrogens (tertiary/aromatic N) is 1. The van der Waals surface area contributed by atoms with Crippen LogP contribution in [-0.4, -0.2) is 33.1 Å². The number of rotatable bonds is 6. The Labute approximate surface area is 119 Å². The van der Waals surface area contributed by atoms with E-state index in [1.165, 1.54) is 19.2 Å². The van der Waals surface area contributed by atoms with E-state index in [1.54, 1.807) is 6.92 Å². The van der Waals surface area contributed by atoms with Gasteiger partial charge < -0.3 is 4.74 Å². The molecule has 0 aromatic heterocycles. The summed E-state index contributed by atoms with van der Waals surface area (Å²) in [5.74, 6) is 0. The Morgan fingerprint density at radius 1 is 1.53 bits per heavy atom. The van der Waals surface area contributed by atoms with E-state index < -0.39 is 20.6 Å². The molecule has 0 fully saturated rings. The van der Waals surface area contributed by atoms with Crippen LogP contribution in [0.4, 0.5) is 5.69 Å². The van der Waals surface area contributed by atoms with Crippen LogP contribution in [-0.2, 0) is 14.8 Å². The van der Waals surface area contributed by atoms with E-state index >= 15 is 0 Å². The molecule has 0 amide bonds. The normalized spacial score (nSPS) is 13.2. The van der Waals surface area contributed by atoms with Gasteiger partial charge in [0.2, 0.25) is 10.0 Å². The maximum Gasteiger partial charge on any atom is 0.289 e. The van der Waals surface area contributed by atoms with Crippen LogP contribution in [0.2, 0.25) is 0 Å². The molecule has 0 heterocycles. The van der Waals surface area contributed by atoms with Crippen LogP contribution in [0.5, 0.6) is 0 Å². The molecule has 0 radical (unpaired) electrons. The molecular formula is C10H13BrN2O5S. The molecule has 0 bridgehead atoms. The molecule has 19 heavy (non-hydrogen) atoms. The zero-order chi connectivity index (χ0) is 14.6. The fraction of sp³-hybridized carbons (Fsp3) is 0.400. The predicted molar refractivity (Wildman–Crippen MR) is 72.5 cm³/mol. The van der Waals surface area contributed by atoms with Gasteiger partial charge in [0.15, 0.2) is 4.90 Å². The Morgan fingerprint density at radius 3 is 2.68 bits per heavy atom. The van der Waals surface area contributed by atoms with Gasteiger partial charge in [-0.2, -0.15) is 0 Å². The van der Waals surface area contributed by atoms with Gasteiger partial charge in [-0.15, -0.1) is 0 Å². The number of sulfonamides is 1. The molecule has 106 valence electrons. The number of methoxy groups -OCH3 is 1. The SMILES string of the molecule is COC(C)CNS(=O)(=O)c1cc(Br)ccc1[N+](=O)[O-]. The molecule has 1 aromatic rings. The molecule has 0 aliphatic rings. The van der Waals surface area contributed by atoms with Crippen molar-refractivity contribution >= 4 is 31.6 Å². The number of nitro groups is 1. The van der Waals surface area contributed by atoms with Crippen molar-refractivity contribution in [3.63, 3.8) is 0 Å². The Balaban J connectivity index is 3.13. The van der Waals surface area contributed by atoms with Gasteiger partial charge in [-0.3, -0.25) is 10.1 Å². The minimum Gasteiger partial charge on any atom is -0.380 e. The number of hydrogen-bond donors (Lipinski definition) is 1. The van der Waals surface area contributed by atoms with Crippen LogP contribution in [0.3, 0.4) is 0 Å². The van der Waals surface area contributed by atoms with E-state index in [-0.39, 0.29) is 17.5 Å². The first-order chi connectivity index (χ1) is 8.77. The van der Waals surface area contributed by atoms with E-state index in [1.807, 2.05) is 0 Å². The van der Waals surface area contributed by atoms with Gasteiger partial charge >= 0.3 is 0 Å². The minimum absolute atomic E-state index is 0.0303. The van der Waals surface area contributed by atoms with Gasteiger partial charge in [-0.25, -0.2) is 13.1 Å². The van der Waals surface area contributed by atoms with E-state index in [9.17, 15) is 18.5 Å². The number of nitrogens with one attached hydrogen (secondary N) is 1. The standard InChI is InChI=1S/C10H13BrN2O5S/c1-7(18-2)6-12-19(16,17)10-5-8(11)3-4-9(10)13(14)15/h3-5,7,12H,6H2,1-2H3. The summed E-state index contributed by atoms with van der Waals surface area (Å²) in [6.45, 7) is 1.71. The molecule has 0 spiro atoms. The van der Waals surface area contributed by atoms with E-state index in [0.717, 1.165) is 6.07 Å². The van der Waals surface area contributed by atoms with Gasteiger partial charge in [0.05, 0.1) is 11.0 Å². The van der Waals surface area contributed by atoms with Gasteiger partial charge in [-0.05, 0) is 19.1 Å². The lowest BCUT2D eigenvalue weighted by atomic mass is 10.3. The maximum atomic E-state index is 12.0. The second-order valence-corrected chi connectivity index (χ2v) is 6.42.